The number of rotatable bonds is 9. The van der Waals surface area contributed by atoms with E-state index >= 15 is 0 Å². The third-order valence-electron chi connectivity index (χ3n) is 3.08. The average Bonchev–Trinajstić information content (AvgIpc) is 2.84. The summed E-state index contributed by atoms with van der Waals surface area (Å²) in [7, 11) is -3.82. The van der Waals surface area contributed by atoms with Crippen molar-refractivity contribution in [1.82, 2.24) is 5.09 Å². The fourth-order valence-electron chi connectivity index (χ4n) is 2.01. The highest BCUT2D eigenvalue weighted by Gasteiger charge is 2.29. The Morgan fingerprint density at radius 3 is 2.60 bits per heavy atom. The molecule has 1 heterocycles. The predicted molar refractivity (Wildman–Crippen MR) is 69.7 cm³/mol. The van der Waals surface area contributed by atoms with Crippen LogP contribution in [-0.2, 0) is 18.9 Å². The van der Waals surface area contributed by atoms with E-state index in [1.165, 1.54) is 0 Å². The van der Waals surface area contributed by atoms with Crippen molar-refractivity contribution in [3.05, 3.63) is 0 Å². The highest BCUT2D eigenvalue weighted by atomic mass is 31.2. The van der Waals surface area contributed by atoms with Crippen LogP contribution in [0, 0.1) is 0 Å². The van der Waals surface area contributed by atoms with E-state index in [2.05, 4.69) is 5.09 Å². The Kier molecular flexibility index (Phi) is 6.61. The summed E-state index contributed by atoms with van der Waals surface area (Å²) in [6, 6.07) is -1.34. The second-order valence-corrected chi connectivity index (χ2v) is 6.91. The summed E-state index contributed by atoms with van der Waals surface area (Å²) >= 11 is 0. The summed E-state index contributed by atoms with van der Waals surface area (Å²) in [6.07, 6.45) is 1.37. The molecule has 0 bridgehead atoms. The van der Waals surface area contributed by atoms with Crippen LogP contribution >= 0.6 is 7.52 Å². The summed E-state index contributed by atoms with van der Waals surface area (Å²) in [5, 5.41) is 19.6. The van der Waals surface area contributed by atoms with Gasteiger partial charge in [0.1, 0.15) is 6.04 Å². The van der Waals surface area contributed by atoms with Crippen LogP contribution in [0.3, 0.4) is 0 Å². The van der Waals surface area contributed by atoms with Gasteiger partial charge in [0.2, 0.25) is 0 Å². The molecule has 1 fully saturated rings. The maximum absolute atomic E-state index is 11.9. The summed E-state index contributed by atoms with van der Waals surface area (Å²) in [6.45, 7) is 0.643. The van der Waals surface area contributed by atoms with E-state index in [0.717, 1.165) is 12.8 Å². The minimum Gasteiger partial charge on any atom is -0.481 e. The summed E-state index contributed by atoms with van der Waals surface area (Å²) in [4.78, 5) is 31.1. The smallest absolute Gasteiger partial charge is 0.321 e. The third kappa shape index (κ3) is 6.47. The van der Waals surface area contributed by atoms with Crippen LogP contribution in [0.1, 0.15) is 32.1 Å². The number of hydrogen-bond donors (Lipinski definition) is 4. The van der Waals surface area contributed by atoms with Crippen LogP contribution in [0.15, 0.2) is 0 Å². The van der Waals surface area contributed by atoms with Crippen LogP contribution in [-0.4, -0.2) is 52.0 Å². The van der Waals surface area contributed by atoms with Gasteiger partial charge in [-0.25, -0.2) is 5.09 Å². The number of ether oxygens (including phenoxy) is 1. The Balaban J connectivity index is 2.44. The summed E-state index contributed by atoms with van der Waals surface area (Å²) in [5.74, 6) is -2.48. The second-order valence-electron chi connectivity index (χ2n) is 4.80. The van der Waals surface area contributed by atoms with E-state index in [-0.39, 0.29) is 25.1 Å². The van der Waals surface area contributed by atoms with E-state index in [9.17, 15) is 19.0 Å². The standard InChI is InChI=1S/C11H20NO7P/c13-10(14)4-3-9(11(15)16)12-20(17,18)7-5-8-2-1-6-19-8/h8-9H,1-7H2,(H,13,14)(H,15,16)(H2,12,17,18). The average molecular weight is 309 g/mol. The Labute approximate surface area is 116 Å². The number of carboxylic acid groups (broad SMARTS) is 2. The van der Waals surface area contributed by atoms with Gasteiger partial charge < -0.3 is 19.8 Å². The molecular weight excluding hydrogens is 289 g/mol. The van der Waals surface area contributed by atoms with Crippen molar-refractivity contribution < 1.29 is 34.0 Å². The Morgan fingerprint density at radius 1 is 1.40 bits per heavy atom. The Hall–Kier alpha value is -0.950. The molecule has 116 valence electrons. The van der Waals surface area contributed by atoms with Crippen LogP contribution in [0.4, 0.5) is 0 Å². The molecule has 4 N–H and O–H groups in total. The van der Waals surface area contributed by atoms with Gasteiger partial charge in [-0.15, -0.1) is 0 Å². The fourth-order valence-corrected chi connectivity index (χ4v) is 3.50. The molecule has 9 heteroatoms. The monoisotopic (exact) mass is 309 g/mol. The van der Waals surface area contributed by atoms with Crippen LogP contribution in [0.5, 0.6) is 0 Å². The molecule has 1 aliphatic heterocycles. The molecule has 0 spiro atoms. The summed E-state index contributed by atoms with van der Waals surface area (Å²) < 4.78 is 17.2. The van der Waals surface area contributed by atoms with Crippen molar-refractivity contribution in [2.24, 2.45) is 0 Å². The molecule has 1 rings (SSSR count). The van der Waals surface area contributed by atoms with E-state index in [4.69, 9.17) is 14.9 Å². The molecule has 0 aromatic heterocycles. The first-order valence-electron chi connectivity index (χ1n) is 6.46. The maximum Gasteiger partial charge on any atom is 0.321 e. The molecule has 0 aromatic rings. The normalized spacial score (nSPS) is 23.1. The number of carbonyl (C=O) groups is 2. The molecular formula is C11H20NO7P. The van der Waals surface area contributed by atoms with Crippen molar-refractivity contribution in [1.29, 1.82) is 0 Å². The largest absolute Gasteiger partial charge is 0.481 e. The zero-order chi connectivity index (χ0) is 15.2. The highest BCUT2D eigenvalue weighted by Crippen LogP contribution is 2.38. The van der Waals surface area contributed by atoms with Crippen LogP contribution in [0.25, 0.3) is 0 Å². The first-order chi connectivity index (χ1) is 9.30. The lowest BCUT2D eigenvalue weighted by Gasteiger charge is -2.20. The van der Waals surface area contributed by atoms with Gasteiger partial charge in [0, 0.05) is 19.2 Å². The van der Waals surface area contributed by atoms with E-state index < -0.39 is 25.5 Å². The molecule has 8 nitrogen and oxygen atoms in total. The van der Waals surface area contributed by atoms with E-state index in [0.29, 0.717) is 13.0 Å². The van der Waals surface area contributed by atoms with Gasteiger partial charge in [-0.3, -0.25) is 14.2 Å². The van der Waals surface area contributed by atoms with Gasteiger partial charge in [-0.1, -0.05) is 0 Å². The number of carboxylic acids is 2. The number of aliphatic carboxylic acids is 2. The zero-order valence-corrected chi connectivity index (χ0v) is 11.9. The molecule has 0 saturated carbocycles. The van der Waals surface area contributed by atoms with Crippen molar-refractivity contribution >= 4 is 19.5 Å². The van der Waals surface area contributed by atoms with Gasteiger partial charge in [0.15, 0.2) is 0 Å². The fraction of sp³-hybridized carbons (Fsp3) is 0.818. The second kappa shape index (κ2) is 7.73. The topological polar surface area (TPSA) is 133 Å². The van der Waals surface area contributed by atoms with Crippen molar-refractivity contribution in [3.8, 4) is 0 Å². The Bertz CT molecular complexity index is 394. The van der Waals surface area contributed by atoms with Crippen molar-refractivity contribution in [2.45, 2.75) is 44.2 Å². The van der Waals surface area contributed by atoms with Crippen molar-refractivity contribution in [2.75, 3.05) is 12.8 Å². The Morgan fingerprint density at radius 2 is 2.10 bits per heavy atom. The lowest BCUT2D eigenvalue weighted by Crippen LogP contribution is -2.35. The molecule has 1 saturated heterocycles. The van der Waals surface area contributed by atoms with E-state index in [1.54, 1.807) is 0 Å². The zero-order valence-electron chi connectivity index (χ0n) is 11.0. The SMILES string of the molecule is O=C(O)CCC(NP(=O)(O)CCC1CCCO1)C(=O)O. The number of hydrogen-bond acceptors (Lipinski definition) is 4. The molecule has 0 aliphatic carbocycles. The molecule has 0 aromatic carbocycles. The maximum atomic E-state index is 11.9. The molecule has 20 heavy (non-hydrogen) atoms. The molecule has 3 unspecified atom stereocenters. The summed E-state index contributed by atoms with van der Waals surface area (Å²) in [5.41, 5.74) is 0. The van der Waals surface area contributed by atoms with Gasteiger partial charge >= 0.3 is 11.9 Å². The molecule has 3 atom stereocenters. The van der Waals surface area contributed by atoms with Gasteiger partial charge in [-0.05, 0) is 25.7 Å². The predicted octanol–water partition coefficient (Wildman–Crippen LogP) is 0.649. The highest BCUT2D eigenvalue weighted by molar-refractivity contribution is 7.55. The van der Waals surface area contributed by atoms with Gasteiger partial charge in [-0.2, -0.15) is 0 Å². The van der Waals surface area contributed by atoms with Crippen LogP contribution in [0.2, 0.25) is 0 Å². The first kappa shape index (κ1) is 17.1. The minimum absolute atomic E-state index is 0.0560. The van der Waals surface area contributed by atoms with Gasteiger partial charge in [0.25, 0.3) is 7.52 Å². The first-order valence-corrected chi connectivity index (χ1v) is 8.30. The van der Waals surface area contributed by atoms with E-state index in [1.807, 2.05) is 0 Å². The minimum atomic E-state index is -3.82. The molecule has 0 radical (unpaired) electrons. The molecule has 0 amide bonds. The number of nitrogens with one attached hydrogen (secondary N) is 1. The lowest BCUT2D eigenvalue weighted by molar-refractivity contribution is -0.140. The van der Waals surface area contributed by atoms with Crippen LogP contribution < -0.4 is 5.09 Å². The van der Waals surface area contributed by atoms with Crippen molar-refractivity contribution in [3.63, 3.8) is 0 Å². The quantitative estimate of drug-likeness (QED) is 0.456. The van der Waals surface area contributed by atoms with Gasteiger partial charge in [0.05, 0.1) is 6.10 Å². The molecule has 1 aliphatic rings. The third-order valence-corrected chi connectivity index (χ3v) is 4.66. The lowest BCUT2D eigenvalue weighted by atomic mass is 10.2.